The number of piperazine rings is 1. The standard InChI is InChI=1S/C23H31Cl2N3O3/c24-19-8-7-17(14-20(19)25)23(30)28-11-9-27(10-12-28)21(16-4-1-2-5-16)22(29)26-15-18-6-3-13-31-18/h7-8,14,16,18,21H,1-6,9-13,15H2,(H,26,29)/t18-,21-/m1/s1. The van der Waals surface area contributed by atoms with Crippen LogP contribution in [0.25, 0.3) is 0 Å². The maximum atomic E-state index is 13.2. The molecule has 3 aliphatic rings. The largest absolute Gasteiger partial charge is 0.376 e. The highest BCUT2D eigenvalue weighted by atomic mass is 35.5. The maximum Gasteiger partial charge on any atom is 0.253 e. The van der Waals surface area contributed by atoms with Gasteiger partial charge in [-0.15, -0.1) is 0 Å². The molecule has 2 atom stereocenters. The first-order chi connectivity index (χ1) is 15.0. The zero-order valence-electron chi connectivity index (χ0n) is 17.8. The van der Waals surface area contributed by atoms with E-state index in [1.807, 2.05) is 4.90 Å². The number of hydrogen-bond acceptors (Lipinski definition) is 4. The number of rotatable bonds is 6. The molecule has 0 aromatic heterocycles. The van der Waals surface area contributed by atoms with E-state index in [4.69, 9.17) is 27.9 Å². The van der Waals surface area contributed by atoms with Crippen LogP contribution in [-0.2, 0) is 9.53 Å². The molecule has 0 bridgehead atoms. The average molecular weight is 468 g/mol. The lowest BCUT2D eigenvalue weighted by molar-refractivity contribution is -0.129. The monoisotopic (exact) mass is 467 g/mol. The van der Waals surface area contributed by atoms with Crippen LogP contribution >= 0.6 is 23.2 Å². The number of carbonyl (C=O) groups is 2. The number of halogens is 2. The summed E-state index contributed by atoms with van der Waals surface area (Å²) in [6, 6.07) is 4.87. The third-order valence-electron chi connectivity index (χ3n) is 6.80. The third kappa shape index (κ3) is 5.54. The summed E-state index contributed by atoms with van der Waals surface area (Å²) < 4.78 is 5.66. The van der Waals surface area contributed by atoms with Crippen molar-refractivity contribution >= 4 is 35.0 Å². The fraction of sp³-hybridized carbons (Fsp3) is 0.652. The lowest BCUT2D eigenvalue weighted by Crippen LogP contribution is -2.58. The topological polar surface area (TPSA) is 61.9 Å². The number of nitrogens with zero attached hydrogens (tertiary/aromatic N) is 2. The van der Waals surface area contributed by atoms with Crippen molar-refractivity contribution in [2.24, 2.45) is 5.92 Å². The Kier molecular flexibility index (Phi) is 7.75. The predicted molar refractivity (Wildman–Crippen MR) is 122 cm³/mol. The highest BCUT2D eigenvalue weighted by molar-refractivity contribution is 6.42. The van der Waals surface area contributed by atoms with Crippen molar-refractivity contribution in [3.8, 4) is 0 Å². The van der Waals surface area contributed by atoms with Crippen molar-refractivity contribution in [1.82, 2.24) is 15.1 Å². The molecule has 6 nitrogen and oxygen atoms in total. The Morgan fingerprint density at radius 3 is 2.42 bits per heavy atom. The molecule has 4 rings (SSSR count). The minimum atomic E-state index is -0.119. The number of amides is 2. The minimum Gasteiger partial charge on any atom is -0.376 e. The molecule has 8 heteroatoms. The van der Waals surface area contributed by atoms with Gasteiger partial charge in [-0.3, -0.25) is 14.5 Å². The van der Waals surface area contributed by atoms with Gasteiger partial charge in [-0.05, 0) is 49.8 Å². The Labute approximate surface area is 194 Å². The SMILES string of the molecule is O=C(NC[C@H]1CCCO1)[C@@H](C1CCCC1)N1CCN(C(=O)c2ccc(Cl)c(Cl)c2)CC1. The summed E-state index contributed by atoms with van der Waals surface area (Å²) in [7, 11) is 0. The molecule has 1 N–H and O–H groups in total. The van der Waals surface area contributed by atoms with Gasteiger partial charge in [0.05, 0.1) is 22.2 Å². The molecule has 3 fully saturated rings. The van der Waals surface area contributed by atoms with Crippen LogP contribution in [0.15, 0.2) is 18.2 Å². The summed E-state index contributed by atoms with van der Waals surface area (Å²) in [6.45, 7) is 3.98. The molecular weight excluding hydrogens is 437 g/mol. The molecule has 0 unspecified atom stereocenters. The highest BCUT2D eigenvalue weighted by Gasteiger charge is 2.37. The van der Waals surface area contributed by atoms with E-state index in [1.54, 1.807) is 18.2 Å². The van der Waals surface area contributed by atoms with Crippen LogP contribution in [0, 0.1) is 5.92 Å². The maximum absolute atomic E-state index is 13.2. The van der Waals surface area contributed by atoms with E-state index in [-0.39, 0.29) is 24.0 Å². The molecule has 1 aliphatic carbocycles. The molecule has 2 aliphatic heterocycles. The van der Waals surface area contributed by atoms with E-state index in [1.165, 1.54) is 12.8 Å². The number of ether oxygens (including phenoxy) is 1. The van der Waals surface area contributed by atoms with Gasteiger partial charge in [-0.25, -0.2) is 0 Å². The molecule has 0 radical (unpaired) electrons. The normalized spacial score (nSPS) is 23.8. The number of nitrogens with one attached hydrogen (secondary N) is 1. The number of carbonyl (C=O) groups excluding carboxylic acids is 2. The quantitative estimate of drug-likeness (QED) is 0.693. The lowest BCUT2D eigenvalue weighted by Gasteiger charge is -2.41. The first-order valence-electron chi connectivity index (χ1n) is 11.4. The van der Waals surface area contributed by atoms with Gasteiger partial charge >= 0.3 is 0 Å². The van der Waals surface area contributed by atoms with Crippen LogP contribution < -0.4 is 5.32 Å². The Balaban J connectivity index is 1.36. The van der Waals surface area contributed by atoms with Crippen LogP contribution in [0.1, 0.15) is 48.9 Å². The van der Waals surface area contributed by atoms with Crippen molar-refractivity contribution in [2.45, 2.75) is 50.7 Å². The molecule has 170 valence electrons. The van der Waals surface area contributed by atoms with Gasteiger partial charge in [0.25, 0.3) is 5.91 Å². The lowest BCUT2D eigenvalue weighted by atomic mass is 9.94. The molecule has 31 heavy (non-hydrogen) atoms. The zero-order valence-corrected chi connectivity index (χ0v) is 19.3. The van der Waals surface area contributed by atoms with Gasteiger partial charge in [0.1, 0.15) is 0 Å². The minimum absolute atomic E-state index is 0.0431. The Bertz CT molecular complexity index is 786. The fourth-order valence-corrected chi connectivity index (χ4v) is 5.39. The van der Waals surface area contributed by atoms with Crippen LogP contribution in [0.3, 0.4) is 0 Å². The van der Waals surface area contributed by atoms with Crippen LogP contribution in [0.4, 0.5) is 0 Å². The molecule has 1 saturated carbocycles. The van der Waals surface area contributed by atoms with Gasteiger partial charge in [0.2, 0.25) is 5.91 Å². The van der Waals surface area contributed by atoms with Crippen molar-refractivity contribution in [3.05, 3.63) is 33.8 Å². The van der Waals surface area contributed by atoms with Crippen LogP contribution in [-0.4, -0.2) is 73.1 Å². The van der Waals surface area contributed by atoms with Gasteiger partial charge in [0, 0.05) is 44.9 Å². The Morgan fingerprint density at radius 2 is 1.77 bits per heavy atom. The highest BCUT2D eigenvalue weighted by Crippen LogP contribution is 2.31. The summed E-state index contributed by atoms with van der Waals surface area (Å²) in [5, 5.41) is 3.98. The average Bonchev–Trinajstić information content (AvgIpc) is 3.49. The Morgan fingerprint density at radius 1 is 1.03 bits per heavy atom. The first-order valence-corrected chi connectivity index (χ1v) is 12.2. The first kappa shape index (κ1) is 22.8. The molecule has 1 aromatic carbocycles. The van der Waals surface area contributed by atoms with E-state index >= 15 is 0 Å². The second kappa shape index (κ2) is 10.5. The Hall–Kier alpha value is -1.34. The summed E-state index contributed by atoms with van der Waals surface area (Å²) >= 11 is 12.1. The molecule has 1 aromatic rings. The fourth-order valence-electron chi connectivity index (χ4n) is 5.09. The van der Waals surface area contributed by atoms with Gasteiger partial charge in [-0.2, -0.15) is 0 Å². The summed E-state index contributed by atoms with van der Waals surface area (Å²) in [5.74, 6) is 0.465. The van der Waals surface area contributed by atoms with Gasteiger partial charge in [0.15, 0.2) is 0 Å². The third-order valence-corrected chi connectivity index (χ3v) is 7.54. The smallest absolute Gasteiger partial charge is 0.253 e. The number of benzene rings is 1. The summed E-state index contributed by atoms with van der Waals surface area (Å²) in [6.07, 6.45) is 6.81. The molecule has 0 spiro atoms. The summed E-state index contributed by atoms with van der Waals surface area (Å²) in [5.41, 5.74) is 0.546. The molecule has 2 amide bonds. The second-order valence-electron chi connectivity index (χ2n) is 8.83. The van der Waals surface area contributed by atoms with Crippen molar-refractivity contribution in [2.75, 3.05) is 39.3 Å². The van der Waals surface area contributed by atoms with E-state index in [9.17, 15) is 9.59 Å². The van der Waals surface area contributed by atoms with E-state index < -0.39 is 0 Å². The predicted octanol–water partition coefficient (Wildman–Crippen LogP) is 3.61. The van der Waals surface area contributed by atoms with Crippen LogP contribution in [0.5, 0.6) is 0 Å². The molecule has 2 heterocycles. The van der Waals surface area contributed by atoms with Gasteiger partial charge < -0.3 is 15.0 Å². The zero-order chi connectivity index (χ0) is 21.8. The van der Waals surface area contributed by atoms with Gasteiger partial charge in [-0.1, -0.05) is 36.0 Å². The van der Waals surface area contributed by atoms with Crippen molar-refractivity contribution in [3.63, 3.8) is 0 Å². The second-order valence-corrected chi connectivity index (χ2v) is 9.64. The molecule has 2 saturated heterocycles. The van der Waals surface area contributed by atoms with E-state index in [0.29, 0.717) is 54.3 Å². The van der Waals surface area contributed by atoms with Crippen molar-refractivity contribution < 1.29 is 14.3 Å². The van der Waals surface area contributed by atoms with Crippen LogP contribution in [0.2, 0.25) is 10.0 Å². The number of hydrogen-bond donors (Lipinski definition) is 1. The van der Waals surface area contributed by atoms with E-state index in [0.717, 1.165) is 32.3 Å². The van der Waals surface area contributed by atoms with E-state index in [2.05, 4.69) is 10.2 Å². The summed E-state index contributed by atoms with van der Waals surface area (Å²) in [4.78, 5) is 30.2. The van der Waals surface area contributed by atoms with Crippen molar-refractivity contribution in [1.29, 1.82) is 0 Å². The molecular formula is C23H31Cl2N3O3.